The molecule has 4 amide bonds. The summed E-state index contributed by atoms with van der Waals surface area (Å²) >= 11 is 0. The largest absolute Gasteiger partial charge is 0.493 e. The van der Waals surface area contributed by atoms with Gasteiger partial charge < -0.3 is 29.9 Å². The number of pyridine rings is 1. The van der Waals surface area contributed by atoms with E-state index in [0.29, 0.717) is 25.8 Å². The molecule has 2 atom stereocenters. The maximum absolute atomic E-state index is 13.2. The number of nitrogens with one attached hydrogen (secondary N) is 3. The summed E-state index contributed by atoms with van der Waals surface area (Å²) < 4.78 is 11.9. The van der Waals surface area contributed by atoms with E-state index in [9.17, 15) is 24.0 Å². The molecule has 12 nitrogen and oxygen atoms in total. The van der Waals surface area contributed by atoms with Crippen LogP contribution in [-0.2, 0) is 14.4 Å². The van der Waals surface area contributed by atoms with Crippen LogP contribution in [0.2, 0.25) is 0 Å². The summed E-state index contributed by atoms with van der Waals surface area (Å²) in [5.74, 6) is -0.739. The first-order chi connectivity index (χ1) is 22.4. The molecule has 0 radical (unpaired) electrons. The van der Waals surface area contributed by atoms with Crippen LogP contribution in [0.4, 0.5) is 0 Å². The van der Waals surface area contributed by atoms with E-state index in [-0.39, 0.29) is 60.6 Å². The van der Waals surface area contributed by atoms with Gasteiger partial charge in [-0.25, -0.2) is 0 Å². The third kappa shape index (κ3) is 7.29. The van der Waals surface area contributed by atoms with Crippen molar-refractivity contribution in [2.24, 2.45) is 0 Å². The van der Waals surface area contributed by atoms with Crippen LogP contribution in [0.5, 0.6) is 5.75 Å². The number of hydrogen-bond acceptors (Lipinski definition) is 9. The quantitative estimate of drug-likeness (QED) is 0.0966. The predicted molar refractivity (Wildman–Crippen MR) is 168 cm³/mol. The third-order valence-electron chi connectivity index (χ3n) is 7.69. The lowest BCUT2D eigenvalue weighted by Gasteiger charge is -2.21. The number of carbonyl (C=O) groups excluding carboxylic acids is 5. The summed E-state index contributed by atoms with van der Waals surface area (Å²) in [5, 5.41) is 9.73. The van der Waals surface area contributed by atoms with Crippen LogP contribution in [-0.4, -0.2) is 72.6 Å². The minimum Gasteiger partial charge on any atom is -0.493 e. The molecule has 3 heterocycles. The number of fused-ring (bicyclic) bond motifs is 2. The average Bonchev–Trinajstić information content (AvgIpc) is 3.62. The van der Waals surface area contributed by atoms with Crippen molar-refractivity contribution in [1.29, 1.82) is 0 Å². The van der Waals surface area contributed by atoms with Crippen LogP contribution in [0.3, 0.4) is 0 Å². The zero-order chi connectivity index (χ0) is 32.5. The molecule has 2 unspecified atom stereocenters. The Morgan fingerprint density at radius 2 is 1.85 bits per heavy atom. The van der Waals surface area contributed by atoms with E-state index < -0.39 is 17.9 Å². The van der Waals surface area contributed by atoms with E-state index in [0.717, 1.165) is 27.2 Å². The van der Waals surface area contributed by atoms with Crippen molar-refractivity contribution in [2.75, 3.05) is 26.7 Å². The number of ether oxygens (including phenoxy) is 1. The smallest absolute Gasteiger partial charge is 0.265 e. The molecule has 1 aliphatic rings. The van der Waals surface area contributed by atoms with E-state index >= 15 is 0 Å². The molecule has 0 saturated heterocycles. The molecule has 1 aliphatic heterocycles. The molecule has 2 aromatic carbocycles. The average molecular weight is 626 g/mol. The standard InChI is InChI=1S/C34H35N5O7/c1-35-29(41)13-12-24(21-40)39-33(43)25-9-4-11-27(31(25)34(39)44)45-18-6-16-37-30(42)14-17-38-32(23-8-5-15-36-20-23)28-19-22-7-2-3-10-26(22)46-28/h2-5,7-11,15,19-21,24,32,38H,6,12-14,16-18H2,1H3,(H,35,41)(H,37,42). The Balaban J connectivity index is 1.09. The Kier molecular flexibility index (Phi) is 10.5. The van der Waals surface area contributed by atoms with Gasteiger partial charge in [0.2, 0.25) is 11.8 Å². The predicted octanol–water partition coefficient (Wildman–Crippen LogP) is 3.17. The molecule has 12 heteroatoms. The number of amides is 4. The maximum atomic E-state index is 13.2. The highest BCUT2D eigenvalue weighted by atomic mass is 16.5. The lowest BCUT2D eigenvalue weighted by Crippen LogP contribution is -2.41. The van der Waals surface area contributed by atoms with Gasteiger partial charge in [-0.3, -0.25) is 29.1 Å². The SMILES string of the molecule is CNC(=O)CCC(C=O)N1C(=O)c2cccc(OCCCNC(=O)CCNC(c3cccnc3)c3cc4ccccc4o3)c2C1=O. The molecule has 46 heavy (non-hydrogen) atoms. The summed E-state index contributed by atoms with van der Waals surface area (Å²) in [5.41, 5.74) is 1.93. The van der Waals surface area contributed by atoms with E-state index in [1.54, 1.807) is 24.5 Å². The van der Waals surface area contributed by atoms with Gasteiger partial charge in [-0.05, 0) is 48.7 Å². The van der Waals surface area contributed by atoms with Crippen molar-refractivity contribution in [3.05, 3.63) is 95.5 Å². The lowest BCUT2D eigenvalue weighted by atomic mass is 10.1. The number of rotatable bonds is 16. The van der Waals surface area contributed by atoms with Crippen molar-refractivity contribution in [3.8, 4) is 5.75 Å². The van der Waals surface area contributed by atoms with Gasteiger partial charge in [0.25, 0.3) is 11.8 Å². The van der Waals surface area contributed by atoms with Crippen LogP contribution in [0.25, 0.3) is 11.0 Å². The van der Waals surface area contributed by atoms with E-state index in [4.69, 9.17) is 9.15 Å². The summed E-state index contributed by atoms with van der Waals surface area (Å²) in [6.07, 6.45) is 4.66. The minimum atomic E-state index is -1.07. The van der Waals surface area contributed by atoms with Gasteiger partial charge in [-0.2, -0.15) is 0 Å². The molecule has 3 N–H and O–H groups in total. The Bertz CT molecular complexity index is 1690. The molecule has 0 fully saturated rings. The second-order valence-electron chi connectivity index (χ2n) is 10.7. The topological polar surface area (TPSA) is 160 Å². The van der Waals surface area contributed by atoms with Crippen LogP contribution in [0, 0.1) is 0 Å². The zero-order valence-electron chi connectivity index (χ0n) is 25.4. The molecule has 238 valence electrons. The van der Waals surface area contributed by atoms with Gasteiger partial charge in [-0.1, -0.05) is 30.3 Å². The Hall–Kier alpha value is -5.36. The maximum Gasteiger partial charge on any atom is 0.265 e. The zero-order valence-corrected chi connectivity index (χ0v) is 25.4. The normalized spacial score (nSPS) is 13.7. The van der Waals surface area contributed by atoms with E-state index in [1.165, 1.54) is 13.1 Å². The first-order valence-corrected chi connectivity index (χ1v) is 15.1. The van der Waals surface area contributed by atoms with Gasteiger partial charge in [0, 0.05) is 50.8 Å². The molecule has 0 aliphatic carbocycles. The van der Waals surface area contributed by atoms with Crippen LogP contribution in [0.1, 0.15) is 63.8 Å². The molecular weight excluding hydrogens is 590 g/mol. The van der Waals surface area contributed by atoms with Gasteiger partial charge >= 0.3 is 0 Å². The number of aldehydes is 1. The number of carbonyl (C=O) groups is 5. The molecule has 5 rings (SSSR count). The first-order valence-electron chi connectivity index (χ1n) is 15.1. The molecule has 4 aromatic rings. The van der Waals surface area contributed by atoms with Crippen molar-refractivity contribution in [1.82, 2.24) is 25.8 Å². The third-order valence-corrected chi connectivity index (χ3v) is 7.69. The number of imide groups is 1. The lowest BCUT2D eigenvalue weighted by molar-refractivity contribution is -0.122. The summed E-state index contributed by atoms with van der Waals surface area (Å²) in [7, 11) is 1.47. The Morgan fingerprint density at radius 3 is 2.61 bits per heavy atom. The fourth-order valence-electron chi connectivity index (χ4n) is 5.33. The van der Waals surface area contributed by atoms with Gasteiger partial charge in [-0.15, -0.1) is 0 Å². The molecule has 0 spiro atoms. The van der Waals surface area contributed by atoms with E-state index in [2.05, 4.69) is 20.9 Å². The second kappa shape index (κ2) is 15.1. The second-order valence-corrected chi connectivity index (χ2v) is 10.7. The number of benzene rings is 2. The molecular formula is C34H35N5O7. The number of furan rings is 1. The van der Waals surface area contributed by atoms with E-state index in [1.807, 2.05) is 42.5 Å². The highest BCUT2D eigenvalue weighted by Crippen LogP contribution is 2.33. The summed E-state index contributed by atoms with van der Waals surface area (Å²) in [6.45, 7) is 0.918. The summed E-state index contributed by atoms with van der Waals surface area (Å²) in [6, 6.07) is 16.9. The van der Waals surface area contributed by atoms with Crippen LogP contribution in [0.15, 0.2) is 77.5 Å². The molecule has 0 saturated carbocycles. The summed E-state index contributed by atoms with van der Waals surface area (Å²) in [4.78, 5) is 67.2. The first kappa shape index (κ1) is 32.0. The van der Waals surface area contributed by atoms with Crippen molar-refractivity contribution in [3.63, 3.8) is 0 Å². The van der Waals surface area contributed by atoms with Gasteiger partial charge in [0.1, 0.15) is 23.4 Å². The van der Waals surface area contributed by atoms with Crippen LogP contribution >= 0.6 is 0 Å². The van der Waals surface area contributed by atoms with Crippen LogP contribution < -0.4 is 20.7 Å². The number of para-hydroxylation sites is 1. The number of aromatic nitrogens is 1. The Morgan fingerprint density at radius 1 is 1.00 bits per heavy atom. The van der Waals surface area contributed by atoms with Gasteiger partial charge in [0.15, 0.2) is 0 Å². The van der Waals surface area contributed by atoms with Gasteiger partial charge in [0.05, 0.1) is 29.8 Å². The minimum absolute atomic E-state index is 0.00910. The highest BCUT2D eigenvalue weighted by Gasteiger charge is 2.42. The number of nitrogens with zero attached hydrogens (tertiary/aromatic N) is 2. The monoisotopic (exact) mass is 625 g/mol. The number of hydrogen-bond donors (Lipinski definition) is 3. The fraction of sp³-hybridized carbons (Fsp3) is 0.294. The Labute approximate surface area is 265 Å². The highest BCUT2D eigenvalue weighted by molar-refractivity contribution is 6.23. The fourth-order valence-corrected chi connectivity index (χ4v) is 5.33. The molecule has 0 bridgehead atoms. The van der Waals surface area contributed by atoms with Crippen molar-refractivity contribution < 1.29 is 33.1 Å². The van der Waals surface area contributed by atoms with Crippen molar-refractivity contribution in [2.45, 2.75) is 37.8 Å². The molecule has 2 aromatic heterocycles. The van der Waals surface area contributed by atoms with Crippen molar-refractivity contribution >= 4 is 40.9 Å².